The number of rotatable bonds is 1. The fourth-order valence-electron chi connectivity index (χ4n) is 1.25. The van der Waals surface area contributed by atoms with Crippen molar-refractivity contribution in [1.82, 2.24) is 9.97 Å². The predicted octanol–water partition coefficient (Wildman–Crippen LogP) is 1.23. The second kappa shape index (κ2) is 3.06. The lowest BCUT2D eigenvalue weighted by Crippen LogP contribution is -2.01. The maximum Gasteiger partial charge on any atom is 0.125 e. The smallest absolute Gasteiger partial charge is 0.125 e. The number of halogens is 1. The van der Waals surface area contributed by atoms with E-state index in [9.17, 15) is 4.39 Å². The number of hydrogen-bond donors (Lipinski definition) is 1. The van der Waals surface area contributed by atoms with E-state index >= 15 is 0 Å². The first kappa shape index (κ1) is 8.07. The van der Waals surface area contributed by atoms with Crippen molar-refractivity contribution in [2.45, 2.75) is 6.54 Å². The molecule has 0 bridgehead atoms. The molecule has 0 radical (unpaired) electrons. The summed E-state index contributed by atoms with van der Waals surface area (Å²) in [7, 11) is 0. The van der Waals surface area contributed by atoms with E-state index < -0.39 is 0 Å². The van der Waals surface area contributed by atoms with Crippen LogP contribution in [0.25, 0.3) is 10.9 Å². The summed E-state index contributed by atoms with van der Waals surface area (Å²) < 4.78 is 12.8. The summed E-state index contributed by atoms with van der Waals surface area (Å²) in [5.41, 5.74) is 6.80. The highest BCUT2D eigenvalue weighted by atomic mass is 19.1. The van der Waals surface area contributed by atoms with Gasteiger partial charge >= 0.3 is 0 Å². The summed E-state index contributed by atoms with van der Waals surface area (Å²) in [5.74, 6) is -0.297. The molecule has 2 aromatic rings. The Kier molecular flexibility index (Phi) is 1.90. The Bertz CT molecular complexity index is 442. The first-order valence-electron chi connectivity index (χ1n) is 3.90. The van der Waals surface area contributed by atoms with E-state index in [-0.39, 0.29) is 5.82 Å². The molecule has 0 unspecified atom stereocenters. The minimum absolute atomic E-state index is 0.297. The fraction of sp³-hybridized carbons (Fsp3) is 0.111. The highest BCUT2D eigenvalue weighted by Gasteiger charge is 2.01. The van der Waals surface area contributed by atoms with Crippen LogP contribution in [0.5, 0.6) is 0 Å². The van der Waals surface area contributed by atoms with Crippen LogP contribution in [0.3, 0.4) is 0 Å². The molecule has 4 heteroatoms. The molecule has 0 atom stereocenters. The van der Waals surface area contributed by atoms with Gasteiger partial charge in [-0.1, -0.05) is 0 Å². The molecule has 0 aliphatic carbocycles. The monoisotopic (exact) mass is 177 g/mol. The average molecular weight is 177 g/mol. The number of aromatic nitrogens is 2. The van der Waals surface area contributed by atoms with Gasteiger partial charge in [-0.25, -0.2) is 14.4 Å². The van der Waals surface area contributed by atoms with Gasteiger partial charge in [0.1, 0.15) is 12.1 Å². The van der Waals surface area contributed by atoms with Crippen molar-refractivity contribution in [1.29, 1.82) is 0 Å². The molecule has 3 nitrogen and oxygen atoms in total. The summed E-state index contributed by atoms with van der Waals surface area (Å²) in [4.78, 5) is 7.94. The Balaban J connectivity index is 2.77. The van der Waals surface area contributed by atoms with E-state index in [1.54, 1.807) is 6.07 Å². The van der Waals surface area contributed by atoms with E-state index in [4.69, 9.17) is 5.73 Å². The van der Waals surface area contributed by atoms with Gasteiger partial charge in [-0.2, -0.15) is 0 Å². The lowest BCUT2D eigenvalue weighted by molar-refractivity contribution is 0.629. The van der Waals surface area contributed by atoms with Crippen LogP contribution in [0.15, 0.2) is 24.5 Å². The zero-order chi connectivity index (χ0) is 9.26. The van der Waals surface area contributed by atoms with Gasteiger partial charge in [0, 0.05) is 18.0 Å². The van der Waals surface area contributed by atoms with E-state index in [2.05, 4.69) is 9.97 Å². The van der Waals surface area contributed by atoms with Crippen LogP contribution in [-0.2, 0) is 6.54 Å². The van der Waals surface area contributed by atoms with Crippen LogP contribution in [0.1, 0.15) is 5.69 Å². The molecule has 13 heavy (non-hydrogen) atoms. The molecule has 0 aliphatic rings. The Morgan fingerprint density at radius 1 is 1.31 bits per heavy atom. The van der Waals surface area contributed by atoms with Crippen molar-refractivity contribution in [2.75, 3.05) is 0 Å². The van der Waals surface area contributed by atoms with Crippen molar-refractivity contribution in [3.8, 4) is 0 Å². The summed E-state index contributed by atoms with van der Waals surface area (Å²) in [6.07, 6.45) is 1.39. The van der Waals surface area contributed by atoms with Crippen molar-refractivity contribution >= 4 is 10.9 Å². The van der Waals surface area contributed by atoms with Crippen LogP contribution >= 0.6 is 0 Å². The average Bonchev–Trinajstić information content (AvgIpc) is 2.16. The minimum atomic E-state index is -0.297. The third-order valence-electron chi connectivity index (χ3n) is 1.87. The van der Waals surface area contributed by atoms with Crippen LogP contribution < -0.4 is 5.73 Å². The topological polar surface area (TPSA) is 51.8 Å². The molecule has 0 spiro atoms. The quantitative estimate of drug-likeness (QED) is 0.712. The molecule has 2 N–H and O–H groups in total. The van der Waals surface area contributed by atoms with Crippen LogP contribution in [0, 0.1) is 5.82 Å². The first-order chi connectivity index (χ1) is 6.31. The van der Waals surface area contributed by atoms with Crippen molar-refractivity contribution < 1.29 is 4.39 Å². The minimum Gasteiger partial charge on any atom is -0.325 e. The van der Waals surface area contributed by atoms with Crippen molar-refractivity contribution in [2.24, 2.45) is 5.73 Å². The highest BCUT2D eigenvalue weighted by Crippen LogP contribution is 2.14. The highest BCUT2D eigenvalue weighted by molar-refractivity contribution is 5.80. The molecule has 1 aromatic carbocycles. The number of hydrogen-bond acceptors (Lipinski definition) is 3. The molecule has 0 amide bonds. The van der Waals surface area contributed by atoms with Gasteiger partial charge in [-0.3, -0.25) is 0 Å². The Hall–Kier alpha value is -1.55. The molecular weight excluding hydrogens is 169 g/mol. The van der Waals surface area contributed by atoms with Crippen LogP contribution in [0.4, 0.5) is 4.39 Å². The van der Waals surface area contributed by atoms with Crippen LogP contribution in [-0.4, -0.2) is 9.97 Å². The van der Waals surface area contributed by atoms with E-state index in [0.717, 1.165) is 11.1 Å². The van der Waals surface area contributed by atoms with Gasteiger partial charge in [0.05, 0.1) is 11.2 Å². The van der Waals surface area contributed by atoms with Gasteiger partial charge in [0.25, 0.3) is 0 Å². The molecule has 0 saturated heterocycles. The molecule has 66 valence electrons. The number of benzene rings is 1. The third-order valence-corrected chi connectivity index (χ3v) is 1.87. The van der Waals surface area contributed by atoms with Gasteiger partial charge < -0.3 is 5.73 Å². The van der Waals surface area contributed by atoms with Gasteiger partial charge in [-0.05, 0) is 12.1 Å². The Labute approximate surface area is 74.4 Å². The molecule has 1 heterocycles. The summed E-state index contributed by atoms with van der Waals surface area (Å²) in [6, 6.07) is 4.40. The molecular formula is C9H8FN3. The second-order valence-corrected chi connectivity index (χ2v) is 2.69. The number of nitrogens with two attached hydrogens (primary N) is 1. The second-order valence-electron chi connectivity index (χ2n) is 2.69. The molecule has 0 aliphatic heterocycles. The van der Waals surface area contributed by atoms with Crippen molar-refractivity contribution in [3.63, 3.8) is 0 Å². The fourth-order valence-corrected chi connectivity index (χ4v) is 1.25. The molecule has 2 rings (SSSR count). The van der Waals surface area contributed by atoms with E-state index in [1.165, 1.54) is 18.5 Å². The summed E-state index contributed by atoms with van der Waals surface area (Å²) >= 11 is 0. The zero-order valence-electron chi connectivity index (χ0n) is 6.87. The maximum absolute atomic E-state index is 12.8. The predicted molar refractivity (Wildman–Crippen MR) is 47.4 cm³/mol. The van der Waals surface area contributed by atoms with E-state index in [1.807, 2.05) is 0 Å². The van der Waals surface area contributed by atoms with Gasteiger partial charge in [0.15, 0.2) is 0 Å². The standard InChI is InChI=1S/C9H8FN3/c10-6-1-2-7-8(3-6)12-5-13-9(7)4-11/h1-3,5H,4,11H2. The Morgan fingerprint density at radius 2 is 2.15 bits per heavy atom. The zero-order valence-corrected chi connectivity index (χ0v) is 6.87. The molecule has 0 fully saturated rings. The number of fused-ring (bicyclic) bond motifs is 1. The normalized spacial score (nSPS) is 10.6. The van der Waals surface area contributed by atoms with Crippen LogP contribution in [0.2, 0.25) is 0 Å². The number of nitrogens with zero attached hydrogens (tertiary/aromatic N) is 2. The Morgan fingerprint density at radius 3 is 2.92 bits per heavy atom. The maximum atomic E-state index is 12.8. The summed E-state index contributed by atoms with van der Waals surface area (Å²) in [6.45, 7) is 0.338. The molecule has 0 saturated carbocycles. The lowest BCUT2D eigenvalue weighted by atomic mass is 10.2. The summed E-state index contributed by atoms with van der Waals surface area (Å²) in [5, 5.41) is 0.811. The van der Waals surface area contributed by atoms with E-state index in [0.29, 0.717) is 12.1 Å². The SMILES string of the molecule is NCc1ncnc2cc(F)ccc12. The first-order valence-corrected chi connectivity index (χ1v) is 3.90. The largest absolute Gasteiger partial charge is 0.325 e. The molecule has 1 aromatic heterocycles. The van der Waals surface area contributed by atoms with Gasteiger partial charge in [-0.15, -0.1) is 0 Å². The van der Waals surface area contributed by atoms with Crippen molar-refractivity contribution in [3.05, 3.63) is 36.0 Å². The van der Waals surface area contributed by atoms with Gasteiger partial charge in [0.2, 0.25) is 0 Å². The lowest BCUT2D eigenvalue weighted by Gasteiger charge is -2.01. The third kappa shape index (κ3) is 1.36.